The van der Waals surface area contributed by atoms with E-state index in [0.29, 0.717) is 5.13 Å². The molecule has 136 valence electrons. The number of rotatable bonds is 3. The molecular formula is C15H15ClF3N3O2S. The molecule has 10 heteroatoms. The second-order valence-electron chi connectivity index (χ2n) is 5.42. The third-order valence-electron chi connectivity index (χ3n) is 3.55. The predicted molar refractivity (Wildman–Crippen MR) is 90.4 cm³/mol. The normalized spacial score (nSPS) is 16.6. The van der Waals surface area contributed by atoms with Gasteiger partial charge >= 0.3 is 6.36 Å². The Morgan fingerprint density at radius 1 is 1.32 bits per heavy atom. The van der Waals surface area contributed by atoms with Crippen molar-refractivity contribution in [2.75, 3.05) is 5.32 Å². The molecule has 3 N–H and O–H groups in total. The summed E-state index contributed by atoms with van der Waals surface area (Å²) in [6, 6.07) is 4.82. The molecule has 0 saturated carbocycles. The van der Waals surface area contributed by atoms with Gasteiger partial charge in [0, 0.05) is 16.5 Å². The Labute approximate surface area is 151 Å². The van der Waals surface area contributed by atoms with E-state index in [0.717, 1.165) is 42.0 Å². The van der Waals surface area contributed by atoms with Gasteiger partial charge in [-0.1, -0.05) is 0 Å². The molecule has 0 unspecified atom stereocenters. The molecule has 1 atom stereocenters. The maximum absolute atomic E-state index is 12.2. The molecule has 25 heavy (non-hydrogen) atoms. The van der Waals surface area contributed by atoms with Crippen LogP contribution in [0.5, 0.6) is 5.75 Å². The summed E-state index contributed by atoms with van der Waals surface area (Å²) < 4.78 is 40.1. The average molecular weight is 394 g/mol. The summed E-state index contributed by atoms with van der Waals surface area (Å²) in [4.78, 5) is 17.6. The molecule has 0 bridgehead atoms. The summed E-state index contributed by atoms with van der Waals surface area (Å²) >= 11 is 1.38. The SMILES string of the molecule is Cl.N[C@H]1CCc2nc(NC(=O)c3ccc(OC(F)(F)F)cc3)sc2C1. The van der Waals surface area contributed by atoms with E-state index < -0.39 is 12.3 Å². The number of amides is 1. The first-order valence-electron chi connectivity index (χ1n) is 7.21. The molecule has 1 aromatic carbocycles. The fourth-order valence-corrected chi connectivity index (χ4v) is 3.53. The van der Waals surface area contributed by atoms with Crippen LogP contribution in [0.3, 0.4) is 0 Å². The van der Waals surface area contributed by atoms with E-state index in [4.69, 9.17) is 5.73 Å². The summed E-state index contributed by atoms with van der Waals surface area (Å²) in [5.41, 5.74) is 7.08. The maximum Gasteiger partial charge on any atom is 0.573 e. The highest BCUT2D eigenvalue weighted by molar-refractivity contribution is 7.15. The quantitative estimate of drug-likeness (QED) is 0.836. The Bertz CT molecular complexity index is 749. The first-order chi connectivity index (χ1) is 11.3. The number of halogens is 4. The van der Waals surface area contributed by atoms with E-state index in [1.807, 2.05) is 0 Å². The average Bonchev–Trinajstić information content (AvgIpc) is 2.87. The van der Waals surface area contributed by atoms with Gasteiger partial charge in [-0.25, -0.2) is 4.98 Å². The number of benzene rings is 1. The number of anilines is 1. The molecule has 0 radical (unpaired) electrons. The Morgan fingerprint density at radius 3 is 2.64 bits per heavy atom. The molecular weight excluding hydrogens is 379 g/mol. The smallest absolute Gasteiger partial charge is 0.406 e. The van der Waals surface area contributed by atoms with Gasteiger partial charge in [0.25, 0.3) is 5.91 Å². The van der Waals surface area contributed by atoms with Crippen LogP contribution in [0.1, 0.15) is 27.3 Å². The highest BCUT2D eigenvalue weighted by Crippen LogP contribution is 2.29. The lowest BCUT2D eigenvalue weighted by Crippen LogP contribution is -2.27. The third kappa shape index (κ3) is 5.07. The minimum atomic E-state index is -4.76. The van der Waals surface area contributed by atoms with Crippen LogP contribution in [0, 0.1) is 0 Å². The largest absolute Gasteiger partial charge is 0.573 e. The summed E-state index contributed by atoms with van der Waals surface area (Å²) in [6.07, 6.45) is -2.37. The number of aromatic nitrogens is 1. The van der Waals surface area contributed by atoms with Gasteiger partial charge in [0.05, 0.1) is 5.69 Å². The summed E-state index contributed by atoms with van der Waals surface area (Å²) in [5, 5.41) is 3.13. The number of aryl methyl sites for hydroxylation is 1. The van der Waals surface area contributed by atoms with Crippen LogP contribution in [0.15, 0.2) is 24.3 Å². The Morgan fingerprint density at radius 2 is 2.00 bits per heavy atom. The minimum Gasteiger partial charge on any atom is -0.406 e. The van der Waals surface area contributed by atoms with E-state index in [2.05, 4.69) is 15.0 Å². The zero-order chi connectivity index (χ0) is 17.3. The zero-order valence-electron chi connectivity index (χ0n) is 12.8. The number of hydrogen-bond acceptors (Lipinski definition) is 5. The molecule has 1 heterocycles. The Kier molecular flexibility index (Phi) is 5.91. The molecule has 5 nitrogen and oxygen atoms in total. The number of carbonyl (C=O) groups excluding carboxylic acids is 1. The number of alkyl halides is 3. The molecule has 0 aliphatic heterocycles. The van der Waals surface area contributed by atoms with Crippen LogP contribution in [-0.2, 0) is 12.8 Å². The number of fused-ring (bicyclic) bond motifs is 1. The van der Waals surface area contributed by atoms with Crippen molar-refractivity contribution in [3.05, 3.63) is 40.4 Å². The van der Waals surface area contributed by atoms with Gasteiger partial charge in [0.1, 0.15) is 5.75 Å². The summed E-state index contributed by atoms with van der Waals surface area (Å²) in [7, 11) is 0. The lowest BCUT2D eigenvalue weighted by atomic mass is 9.99. The van der Waals surface area contributed by atoms with Crippen molar-refractivity contribution >= 4 is 34.8 Å². The third-order valence-corrected chi connectivity index (χ3v) is 4.58. The van der Waals surface area contributed by atoms with Crippen molar-refractivity contribution < 1.29 is 22.7 Å². The molecule has 0 saturated heterocycles. The van der Waals surface area contributed by atoms with E-state index in [1.54, 1.807) is 0 Å². The zero-order valence-corrected chi connectivity index (χ0v) is 14.4. The highest BCUT2D eigenvalue weighted by Gasteiger charge is 2.31. The van der Waals surface area contributed by atoms with E-state index in [-0.39, 0.29) is 29.8 Å². The first kappa shape index (κ1) is 19.5. The van der Waals surface area contributed by atoms with Crippen LogP contribution < -0.4 is 15.8 Å². The van der Waals surface area contributed by atoms with Gasteiger partial charge < -0.3 is 10.5 Å². The minimum absolute atomic E-state index is 0. The number of hydrogen-bond donors (Lipinski definition) is 2. The van der Waals surface area contributed by atoms with Crippen LogP contribution in [-0.4, -0.2) is 23.3 Å². The van der Waals surface area contributed by atoms with Crippen molar-refractivity contribution in [2.24, 2.45) is 5.73 Å². The van der Waals surface area contributed by atoms with Crippen LogP contribution >= 0.6 is 23.7 Å². The molecule has 0 fully saturated rings. The van der Waals surface area contributed by atoms with Gasteiger partial charge in [-0.15, -0.1) is 36.9 Å². The van der Waals surface area contributed by atoms with Gasteiger partial charge in [-0.3, -0.25) is 10.1 Å². The number of nitrogens with one attached hydrogen (secondary N) is 1. The lowest BCUT2D eigenvalue weighted by molar-refractivity contribution is -0.274. The second kappa shape index (κ2) is 7.59. The van der Waals surface area contributed by atoms with Gasteiger partial charge in [0.15, 0.2) is 5.13 Å². The van der Waals surface area contributed by atoms with Gasteiger partial charge in [-0.2, -0.15) is 0 Å². The van der Waals surface area contributed by atoms with Crippen molar-refractivity contribution in [3.63, 3.8) is 0 Å². The van der Waals surface area contributed by atoms with Crippen LogP contribution in [0.25, 0.3) is 0 Å². The van der Waals surface area contributed by atoms with Crippen LogP contribution in [0.2, 0.25) is 0 Å². The van der Waals surface area contributed by atoms with Crippen molar-refractivity contribution in [2.45, 2.75) is 31.7 Å². The van der Waals surface area contributed by atoms with Crippen molar-refractivity contribution in [1.82, 2.24) is 4.98 Å². The Balaban J connectivity index is 0.00000225. The van der Waals surface area contributed by atoms with Gasteiger partial charge in [-0.05, 0) is 43.5 Å². The monoisotopic (exact) mass is 393 g/mol. The number of ether oxygens (including phenoxy) is 1. The topological polar surface area (TPSA) is 77.2 Å². The number of nitrogens with two attached hydrogens (primary N) is 1. The predicted octanol–water partition coefficient (Wildman–Crippen LogP) is 3.53. The standard InChI is InChI=1S/C15H14F3N3O2S.ClH/c16-15(17,18)23-10-4-1-8(2-5-10)13(22)21-14-20-11-6-3-9(19)7-12(11)24-14;/h1-2,4-5,9H,3,6-7,19H2,(H,20,21,22);1H/t9-;/m0./s1. The molecule has 1 aliphatic carbocycles. The van der Waals surface area contributed by atoms with E-state index in [1.165, 1.54) is 23.5 Å². The van der Waals surface area contributed by atoms with E-state index >= 15 is 0 Å². The second-order valence-corrected chi connectivity index (χ2v) is 6.50. The molecule has 1 aromatic heterocycles. The van der Waals surface area contributed by atoms with Crippen molar-refractivity contribution in [3.8, 4) is 5.75 Å². The van der Waals surface area contributed by atoms with Crippen LogP contribution in [0.4, 0.5) is 18.3 Å². The van der Waals surface area contributed by atoms with E-state index in [9.17, 15) is 18.0 Å². The fourth-order valence-electron chi connectivity index (χ4n) is 2.43. The number of carbonyl (C=O) groups is 1. The first-order valence-corrected chi connectivity index (χ1v) is 8.03. The molecule has 3 rings (SSSR count). The number of thiazole rings is 1. The Hall–Kier alpha value is -1.84. The highest BCUT2D eigenvalue weighted by atomic mass is 35.5. The summed E-state index contributed by atoms with van der Waals surface area (Å²) in [6.45, 7) is 0. The fraction of sp³-hybridized carbons (Fsp3) is 0.333. The van der Waals surface area contributed by atoms with Crippen molar-refractivity contribution in [1.29, 1.82) is 0 Å². The maximum atomic E-state index is 12.2. The lowest BCUT2D eigenvalue weighted by Gasteiger charge is -2.15. The number of nitrogens with zero attached hydrogens (tertiary/aromatic N) is 1. The molecule has 0 spiro atoms. The molecule has 1 amide bonds. The summed E-state index contributed by atoms with van der Waals surface area (Å²) in [5.74, 6) is -0.818. The molecule has 2 aromatic rings. The molecule has 1 aliphatic rings. The van der Waals surface area contributed by atoms with Gasteiger partial charge in [0.2, 0.25) is 0 Å².